The molecule has 94 valence electrons. The molecular weight excluding hydrogens is 228 g/mol. The zero-order chi connectivity index (χ0) is 13.1. The summed E-state index contributed by atoms with van der Waals surface area (Å²) in [5.74, 6) is -0.209. The Morgan fingerprint density at radius 3 is 2.83 bits per heavy atom. The molecule has 0 radical (unpaired) electrons. The molecular formula is C15H16O3. The van der Waals surface area contributed by atoms with Crippen molar-refractivity contribution in [2.24, 2.45) is 5.92 Å². The first-order valence-corrected chi connectivity index (χ1v) is 6.31. The molecule has 3 rings (SSSR count). The molecule has 2 bridgehead atoms. The average molecular weight is 244 g/mol. The third-order valence-corrected chi connectivity index (χ3v) is 4.49. The Balaban J connectivity index is 2.21. The van der Waals surface area contributed by atoms with Crippen molar-refractivity contribution in [1.82, 2.24) is 0 Å². The minimum atomic E-state index is -0.791. The fourth-order valence-corrected chi connectivity index (χ4v) is 3.43. The molecule has 0 aromatic carbocycles. The molecule has 2 atom stereocenters. The van der Waals surface area contributed by atoms with Gasteiger partial charge in [-0.1, -0.05) is 12.2 Å². The second kappa shape index (κ2) is 3.44. The molecule has 0 aromatic heterocycles. The number of ketones is 1. The van der Waals surface area contributed by atoms with Crippen molar-refractivity contribution < 1.29 is 14.3 Å². The highest BCUT2D eigenvalue weighted by Crippen LogP contribution is 2.51. The van der Waals surface area contributed by atoms with E-state index in [1.807, 2.05) is 13.8 Å². The van der Waals surface area contributed by atoms with Crippen molar-refractivity contribution >= 4 is 11.8 Å². The second-order valence-electron chi connectivity index (χ2n) is 5.53. The van der Waals surface area contributed by atoms with Crippen molar-refractivity contribution in [3.63, 3.8) is 0 Å². The SMILES string of the molecule is C=C1C(=O)O[C@]23C[C@H]1CCC(C)=C2C(=O)C=C3C. The van der Waals surface area contributed by atoms with Crippen molar-refractivity contribution in [1.29, 1.82) is 0 Å². The summed E-state index contributed by atoms with van der Waals surface area (Å²) in [6.07, 6.45) is 4.01. The highest BCUT2D eigenvalue weighted by Gasteiger charge is 2.54. The Hall–Kier alpha value is -1.64. The molecule has 1 aliphatic heterocycles. The van der Waals surface area contributed by atoms with Crippen LogP contribution in [-0.4, -0.2) is 17.4 Å². The lowest BCUT2D eigenvalue weighted by Crippen LogP contribution is -2.44. The molecule has 3 aliphatic rings. The summed E-state index contributed by atoms with van der Waals surface area (Å²) in [6.45, 7) is 7.69. The lowest BCUT2D eigenvalue weighted by molar-refractivity contribution is -0.154. The van der Waals surface area contributed by atoms with Gasteiger partial charge in [0.1, 0.15) is 0 Å². The second-order valence-corrected chi connectivity index (χ2v) is 5.53. The maximum absolute atomic E-state index is 12.1. The molecule has 1 spiro atoms. The molecule has 0 N–H and O–H groups in total. The van der Waals surface area contributed by atoms with Crippen LogP contribution in [0.1, 0.15) is 33.1 Å². The van der Waals surface area contributed by atoms with Crippen molar-refractivity contribution in [3.05, 3.63) is 34.9 Å². The van der Waals surface area contributed by atoms with Gasteiger partial charge in [0.15, 0.2) is 11.4 Å². The van der Waals surface area contributed by atoms with E-state index in [1.54, 1.807) is 6.08 Å². The minimum absolute atomic E-state index is 0.00552. The number of hydrogen-bond acceptors (Lipinski definition) is 3. The van der Waals surface area contributed by atoms with E-state index in [2.05, 4.69) is 6.58 Å². The predicted octanol–water partition coefficient (Wildman–Crippen LogP) is 2.48. The topological polar surface area (TPSA) is 43.4 Å². The van der Waals surface area contributed by atoms with Gasteiger partial charge >= 0.3 is 5.97 Å². The van der Waals surface area contributed by atoms with Crippen molar-refractivity contribution in [2.45, 2.75) is 38.7 Å². The van der Waals surface area contributed by atoms with Gasteiger partial charge in [0.05, 0.1) is 0 Å². The van der Waals surface area contributed by atoms with Crippen LogP contribution >= 0.6 is 0 Å². The van der Waals surface area contributed by atoms with Crippen LogP contribution in [0, 0.1) is 5.92 Å². The molecule has 0 unspecified atom stereocenters. The van der Waals surface area contributed by atoms with E-state index >= 15 is 0 Å². The Morgan fingerprint density at radius 1 is 1.39 bits per heavy atom. The normalized spacial score (nSPS) is 35.1. The zero-order valence-corrected chi connectivity index (χ0v) is 10.7. The van der Waals surface area contributed by atoms with E-state index in [4.69, 9.17) is 4.74 Å². The van der Waals surface area contributed by atoms with Crippen LogP contribution < -0.4 is 0 Å². The molecule has 2 aliphatic carbocycles. The predicted molar refractivity (Wildman–Crippen MR) is 66.8 cm³/mol. The number of fused-ring (bicyclic) bond motifs is 1. The number of ether oxygens (including phenoxy) is 1. The summed E-state index contributed by atoms with van der Waals surface area (Å²) in [7, 11) is 0. The quantitative estimate of drug-likeness (QED) is 0.485. The molecule has 0 aromatic rings. The summed E-state index contributed by atoms with van der Waals surface area (Å²) < 4.78 is 5.63. The number of carbonyl (C=O) groups is 2. The first-order chi connectivity index (χ1) is 8.45. The summed E-state index contributed by atoms with van der Waals surface area (Å²) >= 11 is 0. The fourth-order valence-electron chi connectivity index (χ4n) is 3.43. The molecule has 1 saturated heterocycles. The van der Waals surface area contributed by atoms with E-state index < -0.39 is 5.60 Å². The van der Waals surface area contributed by atoms with Crippen LogP contribution in [0.15, 0.2) is 34.9 Å². The van der Waals surface area contributed by atoms with E-state index in [9.17, 15) is 9.59 Å². The van der Waals surface area contributed by atoms with Gasteiger partial charge in [0.25, 0.3) is 0 Å². The van der Waals surface area contributed by atoms with Gasteiger partial charge in [-0.15, -0.1) is 0 Å². The van der Waals surface area contributed by atoms with E-state index in [1.165, 1.54) is 0 Å². The highest BCUT2D eigenvalue weighted by atomic mass is 16.6. The molecule has 1 fully saturated rings. The van der Waals surface area contributed by atoms with Gasteiger partial charge in [-0.25, -0.2) is 4.79 Å². The first kappa shape index (κ1) is 11.5. The summed E-state index contributed by atoms with van der Waals surface area (Å²) in [4.78, 5) is 24.1. The van der Waals surface area contributed by atoms with Gasteiger partial charge in [0, 0.05) is 17.6 Å². The largest absolute Gasteiger partial charge is 0.446 e. The van der Waals surface area contributed by atoms with Crippen LogP contribution in [0.25, 0.3) is 0 Å². The third kappa shape index (κ3) is 1.25. The summed E-state index contributed by atoms with van der Waals surface area (Å²) in [5, 5.41) is 0. The monoisotopic (exact) mass is 244 g/mol. The first-order valence-electron chi connectivity index (χ1n) is 6.31. The maximum Gasteiger partial charge on any atom is 0.334 e. The molecule has 18 heavy (non-hydrogen) atoms. The Kier molecular flexibility index (Phi) is 2.19. The maximum atomic E-state index is 12.1. The van der Waals surface area contributed by atoms with E-state index in [0.29, 0.717) is 17.6 Å². The van der Waals surface area contributed by atoms with E-state index in [-0.39, 0.29) is 17.7 Å². The highest BCUT2D eigenvalue weighted by molar-refractivity contribution is 6.11. The zero-order valence-electron chi connectivity index (χ0n) is 10.7. The van der Waals surface area contributed by atoms with Crippen LogP contribution in [0.5, 0.6) is 0 Å². The van der Waals surface area contributed by atoms with Gasteiger partial charge < -0.3 is 4.74 Å². The molecule has 3 heteroatoms. The van der Waals surface area contributed by atoms with Crippen LogP contribution in [0.3, 0.4) is 0 Å². The minimum Gasteiger partial charge on any atom is -0.446 e. The Morgan fingerprint density at radius 2 is 2.11 bits per heavy atom. The number of allylic oxidation sites excluding steroid dienone is 2. The number of rotatable bonds is 0. The van der Waals surface area contributed by atoms with Crippen LogP contribution in [0.4, 0.5) is 0 Å². The van der Waals surface area contributed by atoms with Gasteiger partial charge in [-0.3, -0.25) is 4.79 Å². The number of hydrogen-bond donors (Lipinski definition) is 0. The van der Waals surface area contributed by atoms with Crippen molar-refractivity contribution in [2.75, 3.05) is 0 Å². The average Bonchev–Trinajstić information content (AvgIpc) is 2.45. The molecule has 1 heterocycles. The lowest BCUT2D eigenvalue weighted by atomic mass is 9.78. The fraction of sp³-hybridized carbons (Fsp3) is 0.467. The summed E-state index contributed by atoms with van der Waals surface area (Å²) in [6, 6.07) is 0. The Labute approximate surface area is 106 Å². The van der Waals surface area contributed by atoms with Gasteiger partial charge in [0.2, 0.25) is 0 Å². The standard InChI is InChI=1S/C15H16O3/c1-8-4-5-11-7-15(18-14(17)10(11)3)9(2)6-12(16)13(8)15/h6,11H,3-5,7H2,1-2H3/t11-,15+/m1/s1. The summed E-state index contributed by atoms with van der Waals surface area (Å²) in [5.41, 5.74) is 2.37. The van der Waals surface area contributed by atoms with Gasteiger partial charge in [-0.05, 0) is 44.3 Å². The van der Waals surface area contributed by atoms with Crippen LogP contribution in [-0.2, 0) is 14.3 Å². The number of carbonyl (C=O) groups excluding carboxylic acids is 2. The third-order valence-electron chi connectivity index (χ3n) is 4.49. The van der Waals surface area contributed by atoms with Crippen molar-refractivity contribution in [3.8, 4) is 0 Å². The molecule has 0 amide bonds. The Bertz CT molecular complexity index is 550. The van der Waals surface area contributed by atoms with E-state index in [0.717, 1.165) is 24.0 Å². The molecule has 3 nitrogen and oxygen atoms in total. The molecule has 0 saturated carbocycles. The number of esters is 1. The van der Waals surface area contributed by atoms with Gasteiger partial charge in [-0.2, -0.15) is 0 Å². The van der Waals surface area contributed by atoms with Crippen LogP contribution in [0.2, 0.25) is 0 Å². The smallest absolute Gasteiger partial charge is 0.334 e. The lowest BCUT2D eigenvalue weighted by Gasteiger charge is -2.39.